The lowest BCUT2D eigenvalue weighted by Gasteiger charge is -2.26. The van der Waals surface area contributed by atoms with E-state index >= 15 is 0 Å². The zero-order valence-corrected chi connectivity index (χ0v) is 9.28. The van der Waals surface area contributed by atoms with Gasteiger partial charge in [-0.15, -0.1) is 0 Å². The molecule has 1 N–H and O–H groups in total. The van der Waals surface area contributed by atoms with Crippen LogP contribution < -0.4 is 5.32 Å². The number of aliphatic imine (C=N–C) groups is 1. The zero-order valence-electron chi connectivity index (χ0n) is 8.47. The standard InChI is InChI=1S/C10H18N2S/c1-8-7-11-9(13-8)12-10(2)5-3-4-6-10/h8H,3-7H2,1-2H3,(H,11,12). The Labute approximate surface area is 84.6 Å². The number of amidine groups is 1. The highest BCUT2D eigenvalue weighted by molar-refractivity contribution is 8.14. The highest BCUT2D eigenvalue weighted by Crippen LogP contribution is 2.31. The molecule has 0 aromatic carbocycles. The Hall–Kier alpha value is -0.180. The van der Waals surface area contributed by atoms with Crippen LogP contribution in [0.15, 0.2) is 4.99 Å². The van der Waals surface area contributed by atoms with Gasteiger partial charge < -0.3 is 5.32 Å². The van der Waals surface area contributed by atoms with Gasteiger partial charge in [0.05, 0.1) is 6.54 Å². The van der Waals surface area contributed by atoms with Crippen molar-refractivity contribution in [2.75, 3.05) is 6.54 Å². The van der Waals surface area contributed by atoms with Crippen molar-refractivity contribution in [2.45, 2.75) is 50.3 Å². The van der Waals surface area contributed by atoms with E-state index in [1.165, 1.54) is 30.9 Å². The number of rotatable bonds is 1. The number of nitrogens with zero attached hydrogens (tertiary/aromatic N) is 1. The molecule has 1 fully saturated rings. The smallest absolute Gasteiger partial charge is 0.157 e. The second-order valence-electron chi connectivity index (χ2n) is 4.47. The lowest BCUT2D eigenvalue weighted by Crippen LogP contribution is -2.42. The average molecular weight is 198 g/mol. The monoisotopic (exact) mass is 198 g/mol. The topological polar surface area (TPSA) is 24.4 Å². The van der Waals surface area contributed by atoms with Gasteiger partial charge >= 0.3 is 0 Å². The van der Waals surface area contributed by atoms with E-state index < -0.39 is 0 Å². The predicted octanol–water partition coefficient (Wildman–Crippen LogP) is 2.40. The highest BCUT2D eigenvalue weighted by atomic mass is 32.2. The molecule has 0 bridgehead atoms. The minimum atomic E-state index is 0.343. The molecule has 0 aromatic heterocycles. The molecule has 1 aliphatic heterocycles. The molecule has 2 rings (SSSR count). The Morgan fingerprint density at radius 1 is 1.46 bits per heavy atom. The van der Waals surface area contributed by atoms with Crippen LogP contribution in [0.1, 0.15) is 39.5 Å². The summed E-state index contributed by atoms with van der Waals surface area (Å²) >= 11 is 1.89. The first-order valence-electron chi connectivity index (χ1n) is 5.17. The van der Waals surface area contributed by atoms with Crippen LogP contribution in [0.4, 0.5) is 0 Å². The van der Waals surface area contributed by atoms with Gasteiger partial charge in [-0.3, -0.25) is 4.99 Å². The second-order valence-corrected chi connectivity index (χ2v) is 5.89. The molecule has 0 saturated heterocycles. The van der Waals surface area contributed by atoms with Crippen LogP contribution in [0.5, 0.6) is 0 Å². The van der Waals surface area contributed by atoms with E-state index in [-0.39, 0.29) is 0 Å². The van der Waals surface area contributed by atoms with Gasteiger partial charge in [0.1, 0.15) is 0 Å². The molecule has 0 amide bonds. The summed E-state index contributed by atoms with van der Waals surface area (Å²) in [5.41, 5.74) is 0.343. The summed E-state index contributed by atoms with van der Waals surface area (Å²) in [6, 6.07) is 0. The van der Waals surface area contributed by atoms with E-state index in [0.29, 0.717) is 10.8 Å². The van der Waals surface area contributed by atoms with Crippen molar-refractivity contribution in [1.82, 2.24) is 5.32 Å². The number of hydrogen-bond acceptors (Lipinski definition) is 3. The summed E-state index contributed by atoms with van der Waals surface area (Å²) < 4.78 is 0. The molecule has 1 aliphatic carbocycles. The fourth-order valence-electron chi connectivity index (χ4n) is 2.08. The van der Waals surface area contributed by atoms with Gasteiger partial charge in [0.2, 0.25) is 0 Å². The maximum absolute atomic E-state index is 4.49. The minimum absolute atomic E-state index is 0.343. The van der Waals surface area contributed by atoms with E-state index in [1.54, 1.807) is 0 Å². The molecule has 2 nitrogen and oxygen atoms in total. The third-order valence-electron chi connectivity index (χ3n) is 2.92. The Bertz CT molecular complexity index is 219. The molecular weight excluding hydrogens is 180 g/mol. The van der Waals surface area contributed by atoms with Crippen LogP contribution in [-0.4, -0.2) is 22.5 Å². The normalized spacial score (nSPS) is 31.8. The van der Waals surface area contributed by atoms with Crippen LogP contribution in [0.3, 0.4) is 0 Å². The molecule has 1 unspecified atom stereocenters. The molecular formula is C10H18N2S. The van der Waals surface area contributed by atoms with Gasteiger partial charge in [-0.2, -0.15) is 0 Å². The van der Waals surface area contributed by atoms with Crippen molar-refractivity contribution < 1.29 is 0 Å². The first-order chi connectivity index (χ1) is 6.18. The largest absolute Gasteiger partial charge is 0.360 e. The SMILES string of the molecule is CC1CN=C(NC2(C)CCCC2)S1. The van der Waals surface area contributed by atoms with Crippen LogP contribution in [0.25, 0.3) is 0 Å². The maximum Gasteiger partial charge on any atom is 0.157 e. The van der Waals surface area contributed by atoms with Crippen LogP contribution >= 0.6 is 11.8 Å². The first kappa shape index (κ1) is 9.38. The molecule has 0 aromatic rings. The highest BCUT2D eigenvalue weighted by Gasteiger charge is 2.30. The average Bonchev–Trinajstić information content (AvgIpc) is 2.62. The molecule has 3 heteroatoms. The molecule has 74 valence electrons. The molecule has 1 heterocycles. The Kier molecular flexibility index (Phi) is 2.54. The fourth-order valence-corrected chi connectivity index (χ4v) is 3.07. The Morgan fingerprint density at radius 3 is 2.69 bits per heavy atom. The third-order valence-corrected chi connectivity index (χ3v) is 3.93. The zero-order chi connectivity index (χ0) is 9.31. The van der Waals surface area contributed by atoms with Gasteiger partial charge in [-0.05, 0) is 19.8 Å². The van der Waals surface area contributed by atoms with Gasteiger partial charge in [-0.1, -0.05) is 31.5 Å². The Balaban J connectivity index is 1.90. The number of hydrogen-bond donors (Lipinski definition) is 1. The van der Waals surface area contributed by atoms with Crippen molar-refractivity contribution in [1.29, 1.82) is 0 Å². The van der Waals surface area contributed by atoms with Gasteiger partial charge in [0.15, 0.2) is 5.17 Å². The van der Waals surface area contributed by atoms with E-state index in [0.717, 1.165) is 6.54 Å². The minimum Gasteiger partial charge on any atom is -0.360 e. The second kappa shape index (κ2) is 3.52. The number of thioether (sulfide) groups is 1. The van der Waals surface area contributed by atoms with Gasteiger partial charge in [-0.25, -0.2) is 0 Å². The van der Waals surface area contributed by atoms with Crippen molar-refractivity contribution in [3.63, 3.8) is 0 Å². The van der Waals surface area contributed by atoms with E-state index in [9.17, 15) is 0 Å². The van der Waals surface area contributed by atoms with Crippen LogP contribution in [0, 0.1) is 0 Å². The van der Waals surface area contributed by atoms with Crippen molar-refractivity contribution in [3.05, 3.63) is 0 Å². The van der Waals surface area contributed by atoms with Crippen molar-refractivity contribution >= 4 is 16.9 Å². The molecule has 13 heavy (non-hydrogen) atoms. The summed E-state index contributed by atoms with van der Waals surface area (Å²) in [5, 5.41) is 5.45. The number of nitrogens with one attached hydrogen (secondary N) is 1. The molecule has 2 aliphatic rings. The maximum atomic E-state index is 4.49. The molecule has 1 saturated carbocycles. The Morgan fingerprint density at radius 2 is 2.15 bits per heavy atom. The summed E-state index contributed by atoms with van der Waals surface area (Å²) in [6.45, 7) is 5.55. The summed E-state index contributed by atoms with van der Waals surface area (Å²) in [7, 11) is 0. The molecule has 0 radical (unpaired) electrons. The van der Waals surface area contributed by atoms with Gasteiger partial charge in [0.25, 0.3) is 0 Å². The van der Waals surface area contributed by atoms with E-state index in [2.05, 4.69) is 24.2 Å². The van der Waals surface area contributed by atoms with Gasteiger partial charge in [0, 0.05) is 10.8 Å². The van der Waals surface area contributed by atoms with Crippen molar-refractivity contribution in [2.24, 2.45) is 4.99 Å². The lowest BCUT2D eigenvalue weighted by atomic mass is 10.0. The molecule has 0 spiro atoms. The molecule has 1 atom stereocenters. The summed E-state index contributed by atoms with van der Waals surface area (Å²) in [4.78, 5) is 4.49. The summed E-state index contributed by atoms with van der Waals surface area (Å²) in [5.74, 6) is 0. The lowest BCUT2D eigenvalue weighted by molar-refractivity contribution is 0.434. The predicted molar refractivity (Wildman–Crippen MR) is 59.4 cm³/mol. The third kappa shape index (κ3) is 2.19. The summed E-state index contributed by atoms with van der Waals surface area (Å²) in [6.07, 6.45) is 5.36. The van der Waals surface area contributed by atoms with Crippen molar-refractivity contribution in [3.8, 4) is 0 Å². The van der Waals surface area contributed by atoms with E-state index in [4.69, 9.17) is 0 Å². The quantitative estimate of drug-likeness (QED) is 0.699. The van der Waals surface area contributed by atoms with E-state index in [1.807, 2.05) is 11.8 Å². The van der Waals surface area contributed by atoms with Crippen LogP contribution in [0.2, 0.25) is 0 Å². The van der Waals surface area contributed by atoms with Crippen LogP contribution in [-0.2, 0) is 0 Å². The first-order valence-corrected chi connectivity index (χ1v) is 6.05. The fraction of sp³-hybridized carbons (Fsp3) is 0.900.